The van der Waals surface area contributed by atoms with Crippen molar-refractivity contribution in [3.8, 4) is 0 Å². The van der Waals surface area contributed by atoms with E-state index in [0.29, 0.717) is 19.3 Å². The number of carbonyl (C=O) groups excluding carboxylic acids is 3. The predicted molar refractivity (Wildman–Crippen MR) is 256 cm³/mol. The molecule has 0 aliphatic rings. The first-order valence-corrected chi connectivity index (χ1v) is 26.7. The maximum Gasteiger partial charge on any atom is 0.306 e. The fraction of sp³-hybridized carbons (Fsp3) is 0.907. The Labute approximate surface area is 373 Å². The Hall–Kier alpha value is -1.85. The summed E-state index contributed by atoms with van der Waals surface area (Å²) in [6.45, 7) is 6.63. The monoisotopic (exact) mass is 847 g/mol. The van der Waals surface area contributed by atoms with E-state index >= 15 is 0 Å². The molecule has 0 amide bonds. The van der Waals surface area contributed by atoms with E-state index in [1.165, 1.54) is 180 Å². The number of hydrogen-bond acceptors (Lipinski definition) is 6. The number of allylic oxidation sites excluding steroid dienone is 2. The van der Waals surface area contributed by atoms with E-state index in [0.717, 1.165) is 77.0 Å². The highest BCUT2D eigenvalue weighted by Crippen LogP contribution is 2.17. The van der Waals surface area contributed by atoms with Gasteiger partial charge in [-0.15, -0.1) is 0 Å². The van der Waals surface area contributed by atoms with Crippen LogP contribution in [0.5, 0.6) is 0 Å². The number of rotatable bonds is 49. The van der Waals surface area contributed by atoms with Gasteiger partial charge in [-0.25, -0.2) is 0 Å². The Morgan fingerprint density at radius 3 is 0.883 bits per heavy atom. The second-order valence-electron chi connectivity index (χ2n) is 18.2. The van der Waals surface area contributed by atoms with Crippen molar-refractivity contribution in [3.63, 3.8) is 0 Å². The number of carbonyl (C=O) groups is 3. The van der Waals surface area contributed by atoms with E-state index < -0.39 is 6.10 Å². The normalized spacial score (nSPS) is 12.0. The predicted octanol–water partition coefficient (Wildman–Crippen LogP) is 17.4. The van der Waals surface area contributed by atoms with Crippen LogP contribution >= 0.6 is 0 Å². The largest absolute Gasteiger partial charge is 0.462 e. The lowest BCUT2D eigenvalue weighted by Gasteiger charge is -2.18. The third-order valence-electron chi connectivity index (χ3n) is 12.0. The minimum absolute atomic E-state index is 0.0680. The van der Waals surface area contributed by atoms with Gasteiger partial charge in [-0.05, 0) is 38.5 Å². The molecule has 0 saturated carbocycles. The third kappa shape index (κ3) is 47.2. The molecule has 0 heterocycles. The fourth-order valence-electron chi connectivity index (χ4n) is 7.95. The second kappa shape index (κ2) is 49.8. The molecule has 60 heavy (non-hydrogen) atoms. The Morgan fingerprint density at radius 2 is 0.567 bits per heavy atom. The van der Waals surface area contributed by atoms with Gasteiger partial charge in [-0.1, -0.05) is 251 Å². The van der Waals surface area contributed by atoms with Crippen molar-refractivity contribution in [2.24, 2.45) is 0 Å². The van der Waals surface area contributed by atoms with Crippen molar-refractivity contribution in [3.05, 3.63) is 12.2 Å². The number of unbranched alkanes of at least 4 members (excludes halogenated alkanes) is 36. The number of ether oxygens (including phenoxy) is 3. The van der Waals surface area contributed by atoms with Crippen LogP contribution in [-0.4, -0.2) is 37.2 Å². The van der Waals surface area contributed by atoms with Gasteiger partial charge < -0.3 is 14.2 Å². The van der Waals surface area contributed by atoms with Crippen LogP contribution in [0.2, 0.25) is 0 Å². The molecule has 1 unspecified atom stereocenters. The van der Waals surface area contributed by atoms with E-state index in [1.54, 1.807) is 0 Å². The Morgan fingerprint density at radius 1 is 0.317 bits per heavy atom. The Bertz CT molecular complexity index is 931. The van der Waals surface area contributed by atoms with E-state index in [9.17, 15) is 14.4 Å². The Balaban J connectivity index is 4.27. The zero-order chi connectivity index (χ0) is 43.7. The smallest absolute Gasteiger partial charge is 0.306 e. The van der Waals surface area contributed by atoms with Gasteiger partial charge in [-0.2, -0.15) is 0 Å². The van der Waals surface area contributed by atoms with E-state index in [-0.39, 0.29) is 31.1 Å². The van der Waals surface area contributed by atoms with Crippen LogP contribution in [0.3, 0.4) is 0 Å². The zero-order valence-corrected chi connectivity index (χ0v) is 40.5. The molecule has 0 spiro atoms. The molecule has 0 N–H and O–H groups in total. The fourth-order valence-corrected chi connectivity index (χ4v) is 7.95. The van der Waals surface area contributed by atoms with Crippen LogP contribution in [-0.2, 0) is 28.6 Å². The lowest BCUT2D eigenvalue weighted by molar-refractivity contribution is -0.167. The van der Waals surface area contributed by atoms with Crippen LogP contribution in [0.15, 0.2) is 12.2 Å². The summed E-state index contributed by atoms with van der Waals surface area (Å²) in [4.78, 5) is 37.9. The SMILES string of the molecule is CCCC/C=C\CCCCCCC(=O)OCC(COC(=O)CCCCCCCCCCCCCCCCCCC)OC(=O)CCCCCCCCCCCCCCCCC. The molecular formula is C54H102O6. The molecule has 0 aliphatic carbocycles. The molecule has 354 valence electrons. The summed E-state index contributed by atoms with van der Waals surface area (Å²) in [7, 11) is 0. The highest BCUT2D eigenvalue weighted by Gasteiger charge is 2.19. The van der Waals surface area contributed by atoms with E-state index in [1.807, 2.05) is 0 Å². The van der Waals surface area contributed by atoms with Crippen molar-refractivity contribution in [2.45, 2.75) is 303 Å². The molecule has 0 radical (unpaired) electrons. The van der Waals surface area contributed by atoms with Crippen molar-refractivity contribution in [2.75, 3.05) is 13.2 Å². The summed E-state index contributed by atoms with van der Waals surface area (Å²) in [5.74, 6) is -0.864. The maximum atomic E-state index is 12.8. The highest BCUT2D eigenvalue weighted by molar-refractivity contribution is 5.71. The molecule has 0 fully saturated rings. The quantitative estimate of drug-likeness (QED) is 0.0263. The van der Waals surface area contributed by atoms with Gasteiger partial charge in [0.2, 0.25) is 0 Å². The summed E-state index contributed by atoms with van der Waals surface area (Å²) in [6.07, 6.45) is 54.8. The lowest BCUT2D eigenvalue weighted by Crippen LogP contribution is -2.30. The molecule has 0 aromatic carbocycles. The molecule has 0 aromatic heterocycles. The van der Waals surface area contributed by atoms with Gasteiger partial charge in [-0.3, -0.25) is 14.4 Å². The molecule has 6 heteroatoms. The maximum absolute atomic E-state index is 12.8. The van der Waals surface area contributed by atoms with E-state index in [4.69, 9.17) is 14.2 Å². The number of esters is 3. The zero-order valence-electron chi connectivity index (χ0n) is 40.5. The summed E-state index contributed by atoms with van der Waals surface area (Å²) < 4.78 is 16.8. The Kier molecular flexibility index (Phi) is 48.3. The highest BCUT2D eigenvalue weighted by atomic mass is 16.6. The van der Waals surface area contributed by atoms with Gasteiger partial charge in [0.25, 0.3) is 0 Å². The minimum Gasteiger partial charge on any atom is -0.462 e. The molecule has 0 rings (SSSR count). The van der Waals surface area contributed by atoms with Gasteiger partial charge in [0.1, 0.15) is 13.2 Å². The lowest BCUT2D eigenvalue weighted by atomic mass is 10.0. The van der Waals surface area contributed by atoms with Gasteiger partial charge in [0, 0.05) is 19.3 Å². The molecule has 1 atom stereocenters. The van der Waals surface area contributed by atoms with Crippen LogP contribution < -0.4 is 0 Å². The first-order chi connectivity index (χ1) is 29.5. The van der Waals surface area contributed by atoms with Crippen LogP contribution in [0.1, 0.15) is 297 Å². The minimum atomic E-state index is -0.767. The summed E-state index contributed by atoms with van der Waals surface area (Å²) in [5.41, 5.74) is 0. The summed E-state index contributed by atoms with van der Waals surface area (Å²) in [6, 6.07) is 0. The van der Waals surface area contributed by atoms with Crippen LogP contribution in [0.4, 0.5) is 0 Å². The molecule has 0 aliphatic heterocycles. The van der Waals surface area contributed by atoms with Crippen molar-refractivity contribution >= 4 is 17.9 Å². The average molecular weight is 847 g/mol. The molecule has 0 saturated heterocycles. The first kappa shape index (κ1) is 58.1. The van der Waals surface area contributed by atoms with Crippen molar-refractivity contribution < 1.29 is 28.6 Å². The summed E-state index contributed by atoms with van der Waals surface area (Å²) in [5, 5.41) is 0. The second-order valence-corrected chi connectivity index (χ2v) is 18.2. The van der Waals surface area contributed by atoms with Crippen LogP contribution in [0.25, 0.3) is 0 Å². The van der Waals surface area contributed by atoms with E-state index in [2.05, 4.69) is 32.9 Å². The topological polar surface area (TPSA) is 78.9 Å². The van der Waals surface area contributed by atoms with Crippen molar-refractivity contribution in [1.82, 2.24) is 0 Å². The standard InChI is InChI=1S/C54H102O6/c1-4-7-10-13-16-19-22-24-26-27-29-30-32-35-38-41-44-47-53(56)59-50-51(49-58-52(55)46-43-40-37-34-21-18-15-12-9-6-3)60-54(57)48-45-42-39-36-33-31-28-25-23-20-17-14-11-8-5-2/h15,18,51H,4-14,16-17,19-50H2,1-3H3/b18-15-. The van der Waals surface area contributed by atoms with Gasteiger partial charge >= 0.3 is 17.9 Å². The van der Waals surface area contributed by atoms with Gasteiger partial charge in [0.05, 0.1) is 0 Å². The molecule has 6 nitrogen and oxygen atoms in total. The number of hydrogen-bond donors (Lipinski definition) is 0. The average Bonchev–Trinajstić information content (AvgIpc) is 3.24. The molecule has 0 aromatic rings. The van der Waals surface area contributed by atoms with Crippen molar-refractivity contribution in [1.29, 1.82) is 0 Å². The molecule has 0 bridgehead atoms. The third-order valence-corrected chi connectivity index (χ3v) is 12.0. The van der Waals surface area contributed by atoms with Crippen LogP contribution in [0, 0.1) is 0 Å². The molecular weight excluding hydrogens is 745 g/mol. The summed E-state index contributed by atoms with van der Waals surface area (Å²) >= 11 is 0. The first-order valence-electron chi connectivity index (χ1n) is 26.7. The van der Waals surface area contributed by atoms with Gasteiger partial charge in [0.15, 0.2) is 6.10 Å².